The third-order valence-electron chi connectivity index (χ3n) is 3.60. The summed E-state index contributed by atoms with van der Waals surface area (Å²) in [7, 11) is 0. The quantitative estimate of drug-likeness (QED) is 0.675. The maximum Gasteiger partial charge on any atom is 0.335 e. The minimum atomic E-state index is -0.796. The van der Waals surface area contributed by atoms with Crippen LogP contribution in [0.3, 0.4) is 0 Å². The summed E-state index contributed by atoms with van der Waals surface area (Å²) in [6.45, 7) is 3.76. The van der Waals surface area contributed by atoms with Gasteiger partial charge in [-0.3, -0.25) is 19.9 Å². The van der Waals surface area contributed by atoms with E-state index in [4.69, 9.17) is 4.74 Å². The predicted molar refractivity (Wildman–Crippen MR) is 95.4 cm³/mol. The van der Waals surface area contributed by atoms with Gasteiger partial charge in [0, 0.05) is 18.0 Å². The molecule has 0 bridgehead atoms. The van der Waals surface area contributed by atoms with Gasteiger partial charge in [0.05, 0.1) is 11.8 Å². The molecule has 1 saturated heterocycles. The first-order valence-corrected chi connectivity index (χ1v) is 8.04. The standard InChI is InChI=1S/C19H17N3O4/c1-12(2)26-16-6-4-3-5-13(16)11-15-17(23)21-19(25)22(18(15)24)14-7-9-20-10-8-14/h3-12H,1-2H3,(H,21,23,25)/b15-11+. The minimum Gasteiger partial charge on any atom is -0.490 e. The van der Waals surface area contributed by atoms with Crippen LogP contribution in [0.4, 0.5) is 10.5 Å². The monoisotopic (exact) mass is 351 g/mol. The van der Waals surface area contributed by atoms with E-state index in [0.717, 1.165) is 4.90 Å². The van der Waals surface area contributed by atoms with Crippen LogP contribution in [0, 0.1) is 0 Å². The van der Waals surface area contributed by atoms with Gasteiger partial charge >= 0.3 is 6.03 Å². The first-order valence-electron chi connectivity index (χ1n) is 8.04. The molecule has 2 heterocycles. The summed E-state index contributed by atoms with van der Waals surface area (Å²) in [6.07, 6.45) is 4.28. The van der Waals surface area contributed by atoms with Crippen LogP contribution in [0.1, 0.15) is 19.4 Å². The number of rotatable bonds is 4. The van der Waals surface area contributed by atoms with Crippen molar-refractivity contribution in [3.05, 3.63) is 59.9 Å². The first kappa shape index (κ1) is 17.3. The highest BCUT2D eigenvalue weighted by molar-refractivity contribution is 6.39. The summed E-state index contributed by atoms with van der Waals surface area (Å²) in [4.78, 5) is 41.9. The number of barbiturate groups is 1. The Morgan fingerprint density at radius 1 is 1.08 bits per heavy atom. The van der Waals surface area contributed by atoms with Crippen molar-refractivity contribution in [2.75, 3.05) is 4.90 Å². The van der Waals surface area contributed by atoms with Crippen LogP contribution in [0.5, 0.6) is 5.75 Å². The second-order valence-corrected chi connectivity index (χ2v) is 5.87. The van der Waals surface area contributed by atoms with E-state index in [1.807, 2.05) is 13.8 Å². The molecule has 0 unspecified atom stereocenters. The number of hydrogen-bond acceptors (Lipinski definition) is 5. The predicted octanol–water partition coefficient (Wildman–Crippen LogP) is 2.54. The molecular weight excluding hydrogens is 334 g/mol. The number of hydrogen-bond donors (Lipinski definition) is 1. The topological polar surface area (TPSA) is 88.6 Å². The van der Waals surface area contributed by atoms with E-state index >= 15 is 0 Å². The summed E-state index contributed by atoms with van der Waals surface area (Å²) < 4.78 is 5.71. The van der Waals surface area contributed by atoms with Crippen molar-refractivity contribution in [1.29, 1.82) is 0 Å². The fourth-order valence-electron chi connectivity index (χ4n) is 2.50. The molecule has 0 aliphatic carbocycles. The Labute approximate surface area is 150 Å². The lowest BCUT2D eigenvalue weighted by molar-refractivity contribution is -0.122. The highest BCUT2D eigenvalue weighted by atomic mass is 16.5. The number of anilines is 1. The lowest BCUT2D eigenvalue weighted by Crippen LogP contribution is -2.54. The molecule has 0 atom stereocenters. The van der Waals surface area contributed by atoms with E-state index in [1.54, 1.807) is 24.3 Å². The molecule has 1 aliphatic rings. The van der Waals surface area contributed by atoms with Crippen molar-refractivity contribution in [2.24, 2.45) is 0 Å². The summed E-state index contributed by atoms with van der Waals surface area (Å²) in [5.74, 6) is -0.906. The van der Waals surface area contributed by atoms with Crippen LogP contribution in [-0.4, -0.2) is 28.9 Å². The van der Waals surface area contributed by atoms with Gasteiger partial charge in [-0.2, -0.15) is 0 Å². The lowest BCUT2D eigenvalue weighted by Gasteiger charge is -2.26. The van der Waals surface area contributed by atoms with Crippen LogP contribution >= 0.6 is 0 Å². The zero-order chi connectivity index (χ0) is 18.7. The summed E-state index contributed by atoms with van der Waals surface area (Å²) >= 11 is 0. The number of carbonyl (C=O) groups is 3. The van der Waals surface area contributed by atoms with Gasteiger partial charge < -0.3 is 4.74 Å². The molecule has 0 radical (unpaired) electrons. The Morgan fingerprint density at radius 3 is 2.46 bits per heavy atom. The highest BCUT2D eigenvalue weighted by Crippen LogP contribution is 2.25. The van der Waals surface area contributed by atoms with Crippen molar-refractivity contribution in [3.63, 3.8) is 0 Å². The number of imide groups is 2. The van der Waals surface area contributed by atoms with Gasteiger partial charge in [0.1, 0.15) is 11.3 Å². The third-order valence-corrected chi connectivity index (χ3v) is 3.60. The van der Waals surface area contributed by atoms with Crippen LogP contribution in [-0.2, 0) is 9.59 Å². The van der Waals surface area contributed by atoms with E-state index in [2.05, 4.69) is 10.3 Å². The van der Waals surface area contributed by atoms with Gasteiger partial charge in [0.25, 0.3) is 11.8 Å². The molecule has 3 rings (SSSR count). The average Bonchev–Trinajstić information content (AvgIpc) is 2.60. The number of carbonyl (C=O) groups excluding carboxylic acids is 3. The van der Waals surface area contributed by atoms with E-state index in [-0.39, 0.29) is 11.7 Å². The fraction of sp³-hybridized carbons (Fsp3) is 0.158. The van der Waals surface area contributed by atoms with Crippen molar-refractivity contribution in [2.45, 2.75) is 20.0 Å². The minimum absolute atomic E-state index is 0.0691. The van der Waals surface area contributed by atoms with E-state index < -0.39 is 17.8 Å². The van der Waals surface area contributed by atoms with Crippen LogP contribution in [0.2, 0.25) is 0 Å². The number of aromatic nitrogens is 1. The van der Waals surface area contributed by atoms with Crippen LogP contribution in [0.25, 0.3) is 6.08 Å². The zero-order valence-corrected chi connectivity index (χ0v) is 14.3. The van der Waals surface area contributed by atoms with Gasteiger partial charge in [0.2, 0.25) is 0 Å². The number of ether oxygens (including phenoxy) is 1. The Kier molecular flexibility index (Phi) is 4.79. The molecule has 1 aromatic carbocycles. The maximum atomic E-state index is 12.8. The molecule has 7 heteroatoms. The molecule has 2 aromatic rings. The van der Waals surface area contributed by atoms with Gasteiger partial charge in [-0.05, 0) is 38.1 Å². The SMILES string of the molecule is CC(C)Oc1ccccc1/C=C1\C(=O)NC(=O)N(c2ccncc2)C1=O. The molecule has 0 saturated carbocycles. The van der Waals surface area contributed by atoms with Gasteiger partial charge in [-0.1, -0.05) is 18.2 Å². The molecule has 132 valence electrons. The molecule has 0 spiro atoms. The summed E-state index contributed by atoms with van der Waals surface area (Å²) in [5, 5.41) is 2.19. The molecule has 1 aliphatic heterocycles. The normalized spacial score (nSPS) is 16.2. The number of para-hydroxylation sites is 1. The number of benzene rings is 1. The van der Waals surface area contributed by atoms with Gasteiger partial charge in [-0.15, -0.1) is 0 Å². The Bertz CT molecular complexity index is 891. The lowest BCUT2D eigenvalue weighted by atomic mass is 10.1. The maximum absolute atomic E-state index is 12.8. The number of amides is 4. The number of nitrogens with zero attached hydrogens (tertiary/aromatic N) is 2. The molecular formula is C19H17N3O4. The summed E-state index contributed by atoms with van der Waals surface area (Å²) in [5.41, 5.74) is 0.748. The molecule has 7 nitrogen and oxygen atoms in total. The molecule has 4 amide bonds. The third kappa shape index (κ3) is 3.46. The molecule has 1 aromatic heterocycles. The Morgan fingerprint density at radius 2 is 1.77 bits per heavy atom. The number of nitrogens with one attached hydrogen (secondary N) is 1. The zero-order valence-electron chi connectivity index (χ0n) is 14.3. The second kappa shape index (κ2) is 7.18. The Hall–Kier alpha value is -3.48. The van der Waals surface area contributed by atoms with E-state index in [0.29, 0.717) is 17.0 Å². The van der Waals surface area contributed by atoms with Gasteiger partial charge in [-0.25, -0.2) is 9.69 Å². The fourth-order valence-corrected chi connectivity index (χ4v) is 2.50. The van der Waals surface area contributed by atoms with E-state index in [9.17, 15) is 14.4 Å². The second-order valence-electron chi connectivity index (χ2n) is 5.87. The Balaban J connectivity index is 2.02. The van der Waals surface area contributed by atoms with Crippen LogP contribution in [0.15, 0.2) is 54.4 Å². The summed E-state index contributed by atoms with van der Waals surface area (Å²) in [6, 6.07) is 9.30. The van der Waals surface area contributed by atoms with Gasteiger partial charge in [0.15, 0.2) is 0 Å². The average molecular weight is 351 g/mol. The number of pyridine rings is 1. The van der Waals surface area contributed by atoms with Crippen molar-refractivity contribution in [1.82, 2.24) is 10.3 Å². The van der Waals surface area contributed by atoms with Crippen LogP contribution < -0.4 is 15.0 Å². The van der Waals surface area contributed by atoms with E-state index in [1.165, 1.54) is 30.6 Å². The van der Waals surface area contributed by atoms with Crippen molar-refractivity contribution < 1.29 is 19.1 Å². The molecule has 26 heavy (non-hydrogen) atoms. The van der Waals surface area contributed by atoms with Crippen molar-refractivity contribution >= 4 is 29.6 Å². The molecule has 1 N–H and O–H groups in total. The highest BCUT2D eigenvalue weighted by Gasteiger charge is 2.36. The van der Waals surface area contributed by atoms with Crippen molar-refractivity contribution in [3.8, 4) is 5.75 Å². The smallest absolute Gasteiger partial charge is 0.335 e. The first-order chi connectivity index (χ1) is 12.5. The number of urea groups is 1. The largest absolute Gasteiger partial charge is 0.490 e. The molecule has 1 fully saturated rings.